The average molecular weight is 170 g/mol. The maximum Gasteiger partial charge on any atom is 0.171 e. The van der Waals surface area contributed by atoms with E-state index < -0.39 is 0 Å². The van der Waals surface area contributed by atoms with Crippen LogP contribution >= 0.6 is 0 Å². The van der Waals surface area contributed by atoms with Crippen LogP contribution in [0.1, 0.15) is 12.8 Å². The molecule has 0 radical (unpaired) electrons. The van der Waals surface area contributed by atoms with Crippen molar-refractivity contribution in [2.45, 2.75) is 18.6 Å². The lowest BCUT2D eigenvalue weighted by Gasteiger charge is -2.24. The first-order chi connectivity index (χ1) is 5.87. The van der Waals surface area contributed by atoms with Crippen molar-refractivity contribution in [2.24, 2.45) is 17.8 Å². The van der Waals surface area contributed by atoms with Gasteiger partial charge in [-0.15, -0.1) is 0 Å². The number of aliphatic hydroxyl groups excluding tert-OH is 1. The number of ether oxygens (including phenoxy) is 2. The van der Waals surface area contributed by atoms with Crippen LogP contribution in [0.2, 0.25) is 0 Å². The highest BCUT2D eigenvalue weighted by Crippen LogP contribution is 2.64. The molecule has 1 spiro atoms. The molecule has 1 heterocycles. The van der Waals surface area contributed by atoms with Crippen molar-refractivity contribution in [1.29, 1.82) is 0 Å². The van der Waals surface area contributed by atoms with Gasteiger partial charge >= 0.3 is 0 Å². The molecular weight excluding hydrogens is 156 g/mol. The lowest BCUT2D eigenvalue weighted by molar-refractivity contribution is -0.171. The van der Waals surface area contributed by atoms with Gasteiger partial charge in [-0.1, -0.05) is 0 Å². The topological polar surface area (TPSA) is 38.7 Å². The van der Waals surface area contributed by atoms with Gasteiger partial charge in [0.25, 0.3) is 0 Å². The lowest BCUT2D eigenvalue weighted by atomic mass is 10.1. The third-order valence-corrected chi connectivity index (χ3v) is 3.65. The van der Waals surface area contributed by atoms with Gasteiger partial charge in [-0.3, -0.25) is 0 Å². The molecule has 3 fully saturated rings. The molecule has 12 heavy (non-hydrogen) atoms. The zero-order valence-electron chi connectivity index (χ0n) is 7.03. The summed E-state index contributed by atoms with van der Waals surface area (Å²) in [6, 6.07) is 0. The molecule has 0 bridgehead atoms. The molecule has 0 aromatic carbocycles. The average Bonchev–Trinajstić information content (AvgIpc) is 2.45. The fraction of sp³-hybridized carbons (Fsp3) is 1.00. The second-order valence-corrected chi connectivity index (χ2v) is 4.08. The predicted molar refractivity (Wildman–Crippen MR) is 41.4 cm³/mol. The van der Waals surface area contributed by atoms with Crippen LogP contribution in [0.15, 0.2) is 0 Å². The zero-order chi connectivity index (χ0) is 8.18. The first-order valence-corrected chi connectivity index (χ1v) is 4.76. The number of fused-ring (bicyclic) bond motifs is 2. The Morgan fingerprint density at radius 1 is 1.33 bits per heavy atom. The highest BCUT2D eigenvalue weighted by Gasteiger charge is 2.67. The van der Waals surface area contributed by atoms with Gasteiger partial charge in [0.15, 0.2) is 5.79 Å². The largest absolute Gasteiger partial charge is 0.396 e. The van der Waals surface area contributed by atoms with Crippen molar-refractivity contribution < 1.29 is 14.6 Å². The molecule has 0 aromatic rings. The summed E-state index contributed by atoms with van der Waals surface area (Å²) in [4.78, 5) is 0. The number of hydrogen-bond acceptors (Lipinski definition) is 3. The standard InChI is InChI=1S/C9H14O3/c10-5-7-6-1-2-9(8(6)7)11-3-4-12-9/h6-8,10H,1-5H2/t6-,7?,8-/m0/s1. The summed E-state index contributed by atoms with van der Waals surface area (Å²) >= 11 is 0. The van der Waals surface area contributed by atoms with Crippen LogP contribution in [0, 0.1) is 17.8 Å². The minimum atomic E-state index is -0.266. The van der Waals surface area contributed by atoms with Gasteiger partial charge in [0.05, 0.1) is 13.2 Å². The van der Waals surface area contributed by atoms with Gasteiger partial charge in [-0.25, -0.2) is 0 Å². The molecule has 0 aromatic heterocycles. The molecule has 1 N–H and O–H groups in total. The zero-order valence-corrected chi connectivity index (χ0v) is 7.03. The Morgan fingerprint density at radius 3 is 2.67 bits per heavy atom. The highest BCUT2D eigenvalue weighted by molar-refractivity contribution is 5.11. The molecule has 3 heteroatoms. The van der Waals surface area contributed by atoms with Crippen molar-refractivity contribution in [3.8, 4) is 0 Å². The molecule has 1 aliphatic heterocycles. The van der Waals surface area contributed by atoms with E-state index in [2.05, 4.69) is 0 Å². The van der Waals surface area contributed by atoms with E-state index in [-0.39, 0.29) is 5.79 Å². The summed E-state index contributed by atoms with van der Waals surface area (Å²) in [6.07, 6.45) is 2.22. The summed E-state index contributed by atoms with van der Waals surface area (Å²) < 4.78 is 11.3. The van der Waals surface area contributed by atoms with E-state index in [1.807, 2.05) is 0 Å². The van der Waals surface area contributed by atoms with Crippen LogP contribution in [0.5, 0.6) is 0 Å². The van der Waals surface area contributed by atoms with Crippen molar-refractivity contribution in [1.82, 2.24) is 0 Å². The van der Waals surface area contributed by atoms with Crippen molar-refractivity contribution in [2.75, 3.05) is 19.8 Å². The highest BCUT2D eigenvalue weighted by atomic mass is 16.7. The van der Waals surface area contributed by atoms with Crippen LogP contribution in [-0.4, -0.2) is 30.7 Å². The minimum absolute atomic E-state index is 0.266. The first kappa shape index (κ1) is 7.30. The SMILES string of the molecule is OCC1[C@@H]2[C@H]1CCC21OCCO1. The molecule has 1 unspecified atom stereocenters. The first-order valence-electron chi connectivity index (χ1n) is 4.76. The lowest BCUT2D eigenvalue weighted by Crippen LogP contribution is -2.31. The summed E-state index contributed by atoms with van der Waals surface area (Å²) in [6.45, 7) is 1.78. The maximum atomic E-state index is 9.04. The van der Waals surface area contributed by atoms with Crippen LogP contribution in [0.3, 0.4) is 0 Å². The smallest absolute Gasteiger partial charge is 0.171 e. The summed E-state index contributed by atoms with van der Waals surface area (Å²) in [5.74, 6) is 1.40. The number of aliphatic hydroxyl groups is 1. The van der Waals surface area contributed by atoms with E-state index in [4.69, 9.17) is 14.6 Å². The quantitative estimate of drug-likeness (QED) is 0.618. The van der Waals surface area contributed by atoms with E-state index in [9.17, 15) is 0 Å². The normalized spacial score (nSPS) is 48.2. The molecule has 0 amide bonds. The third-order valence-electron chi connectivity index (χ3n) is 3.65. The van der Waals surface area contributed by atoms with Gasteiger partial charge in [0, 0.05) is 18.9 Å². The van der Waals surface area contributed by atoms with Gasteiger partial charge in [0.2, 0.25) is 0 Å². The molecule has 1 saturated heterocycles. The molecule has 3 rings (SSSR count). The molecule has 2 saturated carbocycles. The summed E-state index contributed by atoms with van der Waals surface area (Å²) in [7, 11) is 0. The fourth-order valence-corrected chi connectivity index (χ4v) is 3.08. The van der Waals surface area contributed by atoms with Crippen LogP contribution < -0.4 is 0 Å². The van der Waals surface area contributed by atoms with Gasteiger partial charge in [-0.2, -0.15) is 0 Å². The van der Waals surface area contributed by atoms with Crippen LogP contribution in [-0.2, 0) is 9.47 Å². The predicted octanol–water partition coefficient (Wildman–Crippen LogP) is 0.378. The van der Waals surface area contributed by atoms with E-state index in [1.54, 1.807) is 0 Å². The fourth-order valence-electron chi connectivity index (χ4n) is 3.08. The summed E-state index contributed by atoms with van der Waals surface area (Å²) in [5, 5.41) is 9.04. The van der Waals surface area contributed by atoms with Gasteiger partial charge in [0.1, 0.15) is 0 Å². The maximum absolute atomic E-state index is 9.04. The molecule has 3 nitrogen and oxygen atoms in total. The molecular formula is C9H14O3. The van der Waals surface area contributed by atoms with E-state index in [0.717, 1.165) is 19.6 Å². The van der Waals surface area contributed by atoms with Gasteiger partial charge < -0.3 is 14.6 Å². The third kappa shape index (κ3) is 0.721. The van der Waals surface area contributed by atoms with Crippen molar-refractivity contribution >= 4 is 0 Å². The minimum Gasteiger partial charge on any atom is -0.396 e. The monoisotopic (exact) mass is 170 g/mol. The number of hydrogen-bond donors (Lipinski definition) is 1. The Hall–Kier alpha value is -0.120. The van der Waals surface area contributed by atoms with Crippen molar-refractivity contribution in [3.05, 3.63) is 0 Å². The Labute approximate surface area is 71.7 Å². The van der Waals surface area contributed by atoms with Crippen LogP contribution in [0.4, 0.5) is 0 Å². The van der Waals surface area contributed by atoms with Gasteiger partial charge in [-0.05, 0) is 18.3 Å². The van der Waals surface area contributed by atoms with Crippen LogP contribution in [0.25, 0.3) is 0 Å². The Bertz CT molecular complexity index is 188. The Balaban J connectivity index is 1.81. The molecule has 68 valence electrons. The van der Waals surface area contributed by atoms with E-state index in [1.165, 1.54) is 6.42 Å². The Morgan fingerprint density at radius 2 is 2.08 bits per heavy atom. The second-order valence-electron chi connectivity index (χ2n) is 4.08. The van der Waals surface area contributed by atoms with Crippen molar-refractivity contribution in [3.63, 3.8) is 0 Å². The molecule has 3 atom stereocenters. The molecule has 3 aliphatic rings. The second kappa shape index (κ2) is 2.22. The summed E-state index contributed by atoms with van der Waals surface area (Å²) in [5.41, 5.74) is 0. The number of rotatable bonds is 1. The molecule has 2 aliphatic carbocycles. The van der Waals surface area contributed by atoms with E-state index in [0.29, 0.717) is 24.4 Å². The Kier molecular flexibility index (Phi) is 1.35. The van der Waals surface area contributed by atoms with E-state index >= 15 is 0 Å².